The van der Waals surface area contributed by atoms with Gasteiger partial charge in [-0.05, 0) is 50.6 Å². The molecule has 4 fully saturated rings. The summed E-state index contributed by atoms with van der Waals surface area (Å²) in [6.45, 7) is 4.62. The van der Waals surface area contributed by atoms with Crippen LogP contribution in [0.2, 0.25) is 0 Å². The summed E-state index contributed by atoms with van der Waals surface area (Å²) < 4.78 is 0. The van der Waals surface area contributed by atoms with Crippen molar-refractivity contribution in [1.82, 2.24) is 4.90 Å². The zero-order valence-electron chi connectivity index (χ0n) is 9.61. The highest BCUT2D eigenvalue weighted by Crippen LogP contribution is 2.48. The number of hydrogen-bond acceptors (Lipinski definition) is 2. The third-order valence-corrected chi connectivity index (χ3v) is 5.03. The molecule has 4 aliphatic rings. The van der Waals surface area contributed by atoms with Crippen molar-refractivity contribution >= 4 is 5.78 Å². The third kappa shape index (κ3) is 1.45. The van der Waals surface area contributed by atoms with Crippen LogP contribution in [-0.4, -0.2) is 29.8 Å². The van der Waals surface area contributed by atoms with E-state index < -0.39 is 0 Å². The highest BCUT2D eigenvalue weighted by molar-refractivity contribution is 5.81. The van der Waals surface area contributed by atoms with Crippen molar-refractivity contribution in [3.8, 4) is 0 Å². The molecule has 0 N–H and O–H groups in total. The van der Waals surface area contributed by atoms with Crippen LogP contribution in [0, 0.1) is 17.8 Å². The average Bonchev–Trinajstić information content (AvgIpc) is 2.76. The molecule has 0 aromatic carbocycles. The van der Waals surface area contributed by atoms with Crippen LogP contribution in [0.25, 0.3) is 0 Å². The number of Topliss-reactive ketones (excluding diaryl/α,β-unsaturated/α-hetero) is 1. The number of carbonyl (C=O) groups is 1. The Morgan fingerprint density at radius 2 is 2.00 bits per heavy atom. The van der Waals surface area contributed by atoms with Gasteiger partial charge in [0.05, 0.1) is 0 Å². The predicted octanol–water partition coefficient (Wildman–Crippen LogP) is 2.09. The topological polar surface area (TPSA) is 20.3 Å². The van der Waals surface area contributed by atoms with E-state index in [0.717, 1.165) is 24.3 Å². The SMILES string of the molecule is CCC(=O)C1CC2C3CCN(CC3)C2C1. The molecule has 4 rings (SSSR count). The first-order valence-electron chi connectivity index (χ1n) is 6.56. The maximum absolute atomic E-state index is 11.8. The zero-order valence-corrected chi connectivity index (χ0v) is 9.61. The maximum atomic E-state index is 11.8. The van der Waals surface area contributed by atoms with Crippen molar-refractivity contribution in [3.05, 3.63) is 0 Å². The maximum Gasteiger partial charge on any atom is 0.135 e. The van der Waals surface area contributed by atoms with Gasteiger partial charge < -0.3 is 4.90 Å². The summed E-state index contributed by atoms with van der Waals surface area (Å²) in [4.78, 5) is 14.4. The Morgan fingerprint density at radius 1 is 1.27 bits per heavy atom. The first kappa shape index (κ1) is 9.83. The van der Waals surface area contributed by atoms with E-state index in [0.29, 0.717) is 11.7 Å². The summed E-state index contributed by atoms with van der Waals surface area (Å²) in [5.74, 6) is 2.75. The van der Waals surface area contributed by atoms with Gasteiger partial charge in [-0.3, -0.25) is 4.79 Å². The van der Waals surface area contributed by atoms with E-state index in [1.807, 2.05) is 6.92 Å². The van der Waals surface area contributed by atoms with Crippen LogP contribution in [0.5, 0.6) is 0 Å². The molecule has 3 saturated heterocycles. The van der Waals surface area contributed by atoms with Crippen molar-refractivity contribution < 1.29 is 4.79 Å². The number of nitrogens with zero attached hydrogens (tertiary/aromatic N) is 1. The van der Waals surface area contributed by atoms with E-state index in [1.165, 1.54) is 38.8 Å². The molecule has 3 atom stereocenters. The van der Waals surface area contributed by atoms with E-state index in [4.69, 9.17) is 0 Å². The fraction of sp³-hybridized carbons (Fsp3) is 0.923. The monoisotopic (exact) mass is 207 g/mol. The number of hydrogen-bond donors (Lipinski definition) is 0. The molecular weight excluding hydrogens is 186 g/mol. The Hall–Kier alpha value is -0.370. The van der Waals surface area contributed by atoms with Gasteiger partial charge in [0, 0.05) is 18.4 Å². The molecule has 0 amide bonds. The van der Waals surface area contributed by atoms with Gasteiger partial charge in [-0.25, -0.2) is 0 Å². The molecular formula is C13H21NO. The summed E-state index contributed by atoms with van der Waals surface area (Å²) in [6.07, 6.45) is 5.92. The van der Waals surface area contributed by atoms with E-state index in [2.05, 4.69) is 4.90 Å². The molecule has 0 radical (unpaired) electrons. The minimum absolute atomic E-state index is 0.409. The van der Waals surface area contributed by atoms with E-state index in [9.17, 15) is 4.79 Å². The van der Waals surface area contributed by atoms with Gasteiger partial charge in [0.1, 0.15) is 5.78 Å². The van der Waals surface area contributed by atoms with Crippen molar-refractivity contribution in [2.45, 2.75) is 45.1 Å². The van der Waals surface area contributed by atoms with Crippen LogP contribution in [0.1, 0.15) is 39.0 Å². The second kappa shape index (κ2) is 3.58. The van der Waals surface area contributed by atoms with Crippen molar-refractivity contribution in [3.63, 3.8) is 0 Å². The predicted molar refractivity (Wildman–Crippen MR) is 59.6 cm³/mol. The first-order chi connectivity index (χ1) is 7.29. The van der Waals surface area contributed by atoms with Crippen LogP contribution in [0.4, 0.5) is 0 Å². The number of ketones is 1. The van der Waals surface area contributed by atoms with Gasteiger partial charge in [-0.1, -0.05) is 6.92 Å². The summed E-state index contributed by atoms with van der Waals surface area (Å²) in [7, 11) is 0. The molecule has 2 nitrogen and oxygen atoms in total. The minimum Gasteiger partial charge on any atom is -0.300 e. The molecule has 1 aliphatic carbocycles. The van der Waals surface area contributed by atoms with Crippen LogP contribution in [0.15, 0.2) is 0 Å². The summed E-state index contributed by atoms with van der Waals surface area (Å²) in [5.41, 5.74) is 0. The Bertz CT molecular complexity index is 248. The molecule has 3 heterocycles. The third-order valence-electron chi connectivity index (χ3n) is 5.03. The van der Waals surface area contributed by atoms with Crippen LogP contribution in [0.3, 0.4) is 0 Å². The van der Waals surface area contributed by atoms with Gasteiger partial charge >= 0.3 is 0 Å². The standard InChI is InChI=1S/C13H21NO/c1-2-13(15)10-7-11-9-3-5-14(6-4-9)12(11)8-10/h9-12H,2-8H2,1H3. The Kier molecular flexibility index (Phi) is 2.35. The fourth-order valence-corrected chi connectivity index (χ4v) is 4.21. The van der Waals surface area contributed by atoms with Crippen molar-refractivity contribution in [2.75, 3.05) is 13.1 Å². The van der Waals surface area contributed by atoms with Gasteiger partial charge in [0.25, 0.3) is 0 Å². The van der Waals surface area contributed by atoms with E-state index in [-0.39, 0.29) is 0 Å². The van der Waals surface area contributed by atoms with Gasteiger partial charge in [0.15, 0.2) is 0 Å². The molecule has 1 saturated carbocycles. The molecule has 3 unspecified atom stereocenters. The second-order valence-electron chi connectivity index (χ2n) is 5.59. The summed E-state index contributed by atoms with van der Waals surface area (Å²) in [5, 5.41) is 0. The van der Waals surface area contributed by atoms with E-state index >= 15 is 0 Å². The quantitative estimate of drug-likeness (QED) is 0.691. The first-order valence-corrected chi connectivity index (χ1v) is 6.56. The zero-order chi connectivity index (χ0) is 10.4. The lowest BCUT2D eigenvalue weighted by Crippen LogP contribution is -2.52. The second-order valence-corrected chi connectivity index (χ2v) is 5.59. The molecule has 0 spiro atoms. The number of carbonyl (C=O) groups excluding carboxylic acids is 1. The molecule has 84 valence electrons. The van der Waals surface area contributed by atoms with Gasteiger partial charge in [-0.2, -0.15) is 0 Å². The fourth-order valence-electron chi connectivity index (χ4n) is 4.21. The molecule has 0 aromatic heterocycles. The molecule has 0 aromatic rings. The van der Waals surface area contributed by atoms with Crippen LogP contribution >= 0.6 is 0 Å². The van der Waals surface area contributed by atoms with Crippen LogP contribution < -0.4 is 0 Å². The molecule has 15 heavy (non-hydrogen) atoms. The lowest BCUT2D eigenvalue weighted by Gasteiger charge is -2.48. The summed E-state index contributed by atoms with van der Waals surface area (Å²) in [6, 6.07) is 0.776. The van der Waals surface area contributed by atoms with Crippen molar-refractivity contribution in [1.29, 1.82) is 0 Å². The molecule has 2 heteroatoms. The normalized spacial score (nSPS) is 47.9. The largest absolute Gasteiger partial charge is 0.300 e. The average molecular weight is 207 g/mol. The Morgan fingerprint density at radius 3 is 2.60 bits per heavy atom. The molecule has 2 bridgehead atoms. The summed E-state index contributed by atoms with van der Waals surface area (Å²) >= 11 is 0. The highest BCUT2D eigenvalue weighted by atomic mass is 16.1. The Balaban J connectivity index is 1.76. The van der Waals surface area contributed by atoms with Crippen LogP contribution in [-0.2, 0) is 4.79 Å². The lowest BCUT2D eigenvalue weighted by atomic mass is 9.75. The van der Waals surface area contributed by atoms with Gasteiger partial charge in [0.2, 0.25) is 0 Å². The highest BCUT2D eigenvalue weighted by Gasteiger charge is 2.48. The smallest absolute Gasteiger partial charge is 0.135 e. The number of rotatable bonds is 2. The number of piperidine rings is 3. The lowest BCUT2D eigenvalue weighted by molar-refractivity contribution is -0.122. The minimum atomic E-state index is 0.409. The Labute approximate surface area is 92.0 Å². The number of fused-ring (bicyclic) bond motifs is 2. The molecule has 3 aliphatic heterocycles. The van der Waals surface area contributed by atoms with E-state index in [1.54, 1.807) is 0 Å². The van der Waals surface area contributed by atoms with Crippen molar-refractivity contribution in [2.24, 2.45) is 17.8 Å². The van der Waals surface area contributed by atoms with Gasteiger partial charge in [-0.15, -0.1) is 0 Å².